The third-order valence-corrected chi connectivity index (χ3v) is 11.0. The maximum absolute atomic E-state index is 4.98. The molecule has 4 nitrogen and oxygen atoms in total. The fourth-order valence-electron chi connectivity index (χ4n) is 8.35. The van der Waals surface area contributed by atoms with Crippen molar-refractivity contribution in [1.29, 1.82) is 0 Å². The molecule has 0 spiro atoms. The molecule has 11 aromatic rings. The van der Waals surface area contributed by atoms with Gasteiger partial charge in [0.15, 0.2) is 0 Å². The first kappa shape index (κ1) is 31.9. The molecule has 0 aliphatic rings. The molecule has 3 aromatic heterocycles. The number of fused-ring (bicyclic) bond motifs is 6. The molecular weight excluding hydrogens is 681 g/mol. The lowest BCUT2D eigenvalue weighted by molar-refractivity contribution is 0.990. The highest BCUT2D eigenvalue weighted by atomic mass is 15.1. The minimum atomic E-state index is 0.646. The van der Waals surface area contributed by atoms with Crippen LogP contribution in [0.5, 0.6) is 0 Å². The van der Waals surface area contributed by atoms with E-state index < -0.39 is 0 Å². The van der Waals surface area contributed by atoms with Gasteiger partial charge in [-0.15, -0.1) is 0 Å². The predicted octanol–water partition coefficient (Wildman–Crippen LogP) is 13.3. The van der Waals surface area contributed by atoms with Gasteiger partial charge in [0.05, 0.1) is 22.1 Å². The van der Waals surface area contributed by atoms with E-state index in [-0.39, 0.29) is 0 Å². The zero-order chi connectivity index (χ0) is 37.0. The van der Waals surface area contributed by atoms with Crippen molar-refractivity contribution in [2.45, 2.75) is 0 Å². The van der Waals surface area contributed by atoms with Crippen LogP contribution in [0, 0.1) is 0 Å². The minimum Gasteiger partial charge on any atom is -0.309 e. The van der Waals surface area contributed by atoms with E-state index >= 15 is 0 Å². The summed E-state index contributed by atoms with van der Waals surface area (Å²) in [7, 11) is 0. The quantitative estimate of drug-likeness (QED) is 0.172. The van der Waals surface area contributed by atoms with Gasteiger partial charge in [-0.05, 0) is 93.5 Å². The number of benzene rings is 8. The molecule has 0 radical (unpaired) electrons. The van der Waals surface area contributed by atoms with E-state index in [1.807, 2.05) is 12.4 Å². The molecule has 0 aliphatic heterocycles. The molecule has 0 fully saturated rings. The lowest BCUT2D eigenvalue weighted by Gasteiger charge is -2.10. The van der Waals surface area contributed by atoms with Gasteiger partial charge in [0, 0.05) is 45.2 Å². The van der Waals surface area contributed by atoms with Gasteiger partial charge in [-0.2, -0.15) is 0 Å². The fourth-order valence-corrected chi connectivity index (χ4v) is 8.35. The van der Waals surface area contributed by atoms with Gasteiger partial charge in [-0.3, -0.25) is 4.57 Å². The summed E-state index contributed by atoms with van der Waals surface area (Å²) in [6.07, 6.45) is 3.88. The second-order valence-electron chi connectivity index (χ2n) is 14.3. The molecule has 0 saturated carbocycles. The van der Waals surface area contributed by atoms with E-state index in [4.69, 9.17) is 9.97 Å². The van der Waals surface area contributed by atoms with Crippen LogP contribution in [0.15, 0.2) is 207 Å². The molecule has 56 heavy (non-hydrogen) atoms. The SMILES string of the molecule is c1ccc(-c2cccc(-c3cccc(-c4cnc(-n5c6ccccc6c6cc(-c7ccc8c9ccccc9n(-c9ccccc9)c8c7)ccc65)nc4)c3)c2)cc1. The van der Waals surface area contributed by atoms with Crippen LogP contribution < -0.4 is 0 Å². The summed E-state index contributed by atoms with van der Waals surface area (Å²) in [5.74, 6) is 0.646. The standard InChI is InChI=1S/C52H34N4/c1-3-13-35(14-4-1)36-15-11-16-37(29-36)38-17-12-18-39(30-38)42-33-53-52(54-34-42)56-49-24-10-8-22-45(49)47-31-40(26-28-50(47)56)41-25-27-46-44-21-7-9-23-48(44)55(51(46)32-41)43-19-5-2-6-20-43/h1-34H. The number of para-hydroxylation sites is 3. The van der Waals surface area contributed by atoms with Gasteiger partial charge in [0.2, 0.25) is 5.95 Å². The Hall–Kier alpha value is -7.56. The minimum absolute atomic E-state index is 0.646. The summed E-state index contributed by atoms with van der Waals surface area (Å²) >= 11 is 0. The van der Waals surface area contributed by atoms with Gasteiger partial charge in [-0.25, -0.2) is 9.97 Å². The second kappa shape index (κ2) is 13.1. The molecule has 0 unspecified atom stereocenters. The van der Waals surface area contributed by atoms with Crippen molar-refractivity contribution in [1.82, 2.24) is 19.1 Å². The summed E-state index contributed by atoms with van der Waals surface area (Å²) in [5.41, 5.74) is 14.8. The number of rotatable bonds is 6. The van der Waals surface area contributed by atoms with Crippen molar-refractivity contribution in [2.24, 2.45) is 0 Å². The van der Waals surface area contributed by atoms with E-state index in [9.17, 15) is 0 Å². The topological polar surface area (TPSA) is 35.6 Å². The number of aromatic nitrogens is 4. The average molecular weight is 715 g/mol. The summed E-state index contributed by atoms with van der Waals surface area (Å²) in [6.45, 7) is 0. The normalized spacial score (nSPS) is 11.6. The smallest absolute Gasteiger partial charge is 0.234 e. The number of nitrogens with zero attached hydrogens (tertiary/aromatic N) is 4. The number of hydrogen-bond acceptors (Lipinski definition) is 2. The van der Waals surface area contributed by atoms with Crippen LogP contribution in [0.3, 0.4) is 0 Å². The van der Waals surface area contributed by atoms with E-state index in [1.54, 1.807) is 0 Å². The lowest BCUT2D eigenvalue weighted by atomic mass is 9.97. The molecular formula is C52H34N4. The van der Waals surface area contributed by atoms with Crippen molar-refractivity contribution < 1.29 is 0 Å². The first-order valence-electron chi connectivity index (χ1n) is 19.0. The Morgan fingerprint density at radius 2 is 0.732 bits per heavy atom. The van der Waals surface area contributed by atoms with Crippen LogP contribution in [0.2, 0.25) is 0 Å². The molecule has 0 amide bonds. The molecule has 8 aromatic carbocycles. The van der Waals surface area contributed by atoms with Gasteiger partial charge in [0.1, 0.15) is 0 Å². The van der Waals surface area contributed by atoms with Crippen LogP contribution in [0.25, 0.3) is 99.8 Å². The fraction of sp³-hybridized carbons (Fsp3) is 0. The summed E-state index contributed by atoms with van der Waals surface area (Å²) in [6, 6.07) is 69.3. The van der Waals surface area contributed by atoms with E-state index in [0.29, 0.717) is 5.95 Å². The van der Waals surface area contributed by atoms with E-state index in [2.05, 4.69) is 203 Å². The van der Waals surface area contributed by atoms with Crippen molar-refractivity contribution in [3.05, 3.63) is 207 Å². The second-order valence-corrected chi connectivity index (χ2v) is 14.3. The molecule has 262 valence electrons. The Morgan fingerprint density at radius 1 is 0.268 bits per heavy atom. The van der Waals surface area contributed by atoms with Gasteiger partial charge < -0.3 is 4.57 Å². The van der Waals surface area contributed by atoms with Crippen LogP contribution in [-0.2, 0) is 0 Å². The Bertz CT molecular complexity index is 3230. The average Bonchev–Trinajstić information content (AvgIpc) is 3.79. The van der Waals surface area contributed by atoms with Crippen molar-refractivity contribution >= 4 is 43.6 Å². The van der Waals surface area contributed by atoms with Gasteiger partial charge >= 0.3 is 0 Å². The van der Waals surface area contributed by atoms with E-state index in [1.165, 1.54) is 54.8 Å². The molecule has 0 saturated heterocycles. The van der Waals surface area contributed by atoms with Crippen LogP contribution in [-0.4, -0.2) is 19.1 Å². The highest BCUT2D eigenvalue weighted by Crippen LogP contribution is 2.38. The highest BCUT2D eigenvalue weighted by Gasteiger charge is 2.17. The van der Waals surface area contributed by atoms with Crippen molar-refractivity contribution in [3.8, 4) is 56.1 Å². The van der Waals surface area contributed by atoms with Crippen molar-refractivity contribution in [2.75, 3.05) is 0 Å². The highest BCUT2D eigenvalue weighted by molar-refractivity contribution is 6.12. The Balaban J connectivity index is 0.970. The Morgan fingerprint density at radius 3 is 1.43 bits per heavy atom. The predicted molar refractivity (Wildman–Crippen MR) is 232 cm³/mol. The Labute approximate surface area is 324 Å². The van der Waals surface area contributed by atoms with Crippen LogP contribution in [0.4, 0.5) is 0 Å². The molecule has 0 bridgehead atoms. The lowest BCUT2D eigenvalue weighted by Crippen LogP contribution is -2.00. The summed E-state index contributed by atoms with van der Waals surface area (Å²) < 4.78 is 4.56. The maximum atomic E-state index is 4.98. The molecule has 3 heterocycles. The summed E-state index contributed by atoms with van der Waals surface area (Å²) in [5, 5.41) is 4.83. The van der Waals surface area contributed by atoms with Gasteiger partial charge in [0.25, 0.3) is 0 Å². The largest absolute Gasteiger partial charge is 0.309 e. The first-order valence-corrected chi connectivity index (χ1v) is 19.0. The Kier molecular flexibility index (Phi) is 7.46. The molecule has 0 atom stereocenters. The monoisotopic (exact) mass is 714 g/mol. The maximum Gasteiger partial charge on any atom is 0.234 e. The van der Waals surface area contributed by atoms with E-state index in [0.717, 1.165) is 39.0 Å². The summed E-state index contributed by atoms with van der Waals surface area (Å²) in [4.78, 5) is 9.95. The molecule has 0 N–H and O–H groups in total. The van der Waals surface area contributed by atoms with Crippen LogP contribution in [0.1, 0.15) is 0 Å². The molecule has 11 rings (SSSR count). The third-order valence-electron chi connectivity index (χ3n) is 11.0. The molecule has 0 aliphatic carbocycles. The van der Waals surface area contributed by atoms with Gasteiger partial charge in [-0.1, -0.05) is 140 Å². The number of hydrogen-bond donors (Lipinski definition) is 0. The zero-order valence-corrected chi connectivity index (χ0v) is 30.4. The third kappa shape index (κ3) is 5.31. The van der Waals surface area contributed by atoms with Crippen molar-refractivity contribution in [3.63, 3.8) is 0 Å². The first-order chi connectivity index (χ1) is 27.8. The van der Waals surface area contributed by atoms with Crippen LogP contribution >= 0.6 is 0 Å². The molecule has 4 heteroatoms. The zero-order valence-electron chi connectivity index (χ0n) is 30.4.